The van der Waals surface area contributed by atoms with Gasteiger partial charge in [0.25, 0.3) is 0 Å². The highest BCUT2D eigenvalue weighted by atomic mass is 35.5. The summed E-state index contributed by atoms with van der Waals surface area (Å²) >= 11 is 12.5. The summed E-state index contributed by atoms with van der Waals surface area (Å²) in [7, 11) is 0. The third-order valence-corrected chi connectivity index (χ3v) is 6.46. The van der Waals surface area contributed by atoms with Crippen LogP contribution in [0.5, 0.6) is 0 Å². The molecule has 0 unspecified atom stereocenters. The first kappa shape index (κ1) is 19.9. The van der Waals surface area contributed by atoms with Crippen LogP contribution in [0.2, 0.25) is 10.0 Å². The van der Waals surface area contributed by atoms with Crippen molar-refractivity contribution in [2.24, 2.45) is 5.92 Å². The summed E-state index contributed by atoms with van der Waals surface area (Å²) in [4.78, 5) is 18.4. The molecule has 3 rings (SSSR count). The van der Waals surface area contributed by atoms with Gasteiger partial charge in [-0.1, -0.05) is 29.3 Å². The quantitative estimate of drug-likeness (QED) is 0.728. The van der Waals surface area contributed by atoms with Crippen LogP contribution in [0.25, 0.3) is 0 Å². The van der Waals surface area contributed by atoms with E-state index in [9.17, 15) is 4.79 Å². The number of carbonyl (C=O) groups excluding carboxylic acids is 1. The monoisotopic (exact) mass is 397 g/mol. The molecule has 1 aromatic carbocycles. The minimum absolute atomic E-state index is 0.279. The normalized spacial score (nSPS) is 20.5. The molecule has 0 radical (unpaired) electrons. The van der Waals surface area contributed by atoms with E-state index in [-0.39, 0.29) is 5.78 Å². The predicted octanol–water partition coefficient (Wildman–Crippen LogP) is 3.81. The number of hydrogen-bond donors (Lipinski definition) is 0. The summed E-state index contributed by atoms with van der Waals surface area (Å²) in [5, 5.41) is 1.29. The number of likely N-dealkylation sites (tertiary alicyclic amines) is 1. The molecule has 0 atom stereocenters. The Kier molecular flexibility index (Phi) is 7.21. The van der Waals surface area contributed by atoms with Crippen LogP contribution in [0.1, 0.15) is 26.2 Å². The van der Waals surface area contributed by atoms with Gasteiger partial charge in [0.2, 0.25) is 0 Å². The molecular formula is C20H29Cl2N3O. The molecule has 2 fully saturated rings. The van der Waals surface area contributed by atoms with Crippen LogP contribution < -0.4 is 4.90 Å². The minimum atomic E-state index is 0.279. The van der Waals surface area contributed by atoms with Crippen LogP contribution in [0.3, 0.4) is 0 Å². The fourth-order valence-electron chi connectivity index (χ4n) is 4.06. The summed E-state index contributed by atoms with van der Waals surface area (Å²) in [5.74, 6) is 1.08. The highest BCUT2D eigenvalue weighted by Gasteiger charge is 2.23. The van der Waals surface area contributed by atoms with Gasteiger partial charge in [-0.15, -0.1) is 0 Å². The van der Waals surface area contributed by atoms with Gasteiger partial charge in [-0.3, -0.25) is 14.6 Å². The van der Waals surface area contributed by atoms with Crippen molar-refractivity contribution in [3.05, 3.63) is 28.2 Å². The number of benzene rings is 1. The highest BCUT2D eigenvalue weighted by molar-refractivity contribution is 6.43. The second kappa shape index (κ2) is 9.41. The van der Waals surface area contributed by atoms with Crippen molar-refractivity contribution < 1.29 is 4.79 Å². The van der Waals surface area contributed by atoms with E-state index in [0.29, 0.717) is 16.6 Å². The maximum atomic E-state index is 11.2. The second-order valence-corrected chi connectivity index (χ2v) is 8.40. The number of ketones is 1. The van der Waals surface area contributed by atoms with E-state index in [0.717, 1.165) is 50.9 Å². The topological polar surface area (TPSA) is 26.8 Å². The molecule has 6 heteroatoms. The van der Waals surface area contributed by atoms with Crippen LogP contribution in [0.4, 0.5) is 5.69 Å². The Labute approximate surface area is 167 Å². The molecule has 0 aliphatic carbocycles. The Bertz CT molecular complexity index is 609. The van der Waals surface area contributed by atoms with Gasteiger partial charge in [-0.25, -0.2) is 0 Å². The molecule has 0 amide bonds. The lowest BCUT2D eigenvalue weighted by Crippen LogP contribution is -2.47. The van der Waals surface area contributed by atoms with Crippen LogP contribution in [-0.4, -0.2) is 67.9 Å². The van der Waals surface area contributed by atoms with Gasteiger partial charge >= 0.3 is 0 Å². The second-order valence-electron chi connectivity index (χ2n) is 7.61. The van der Waals surface area contributed by atoms with Gasteiger partial charge in [0.15, 0.2) is 0 Å². The zero-order valence-corrected chi connectivity index (χ0v) is 17.1. The van der Waals surface area contributed by atoms with Gasteiger partial charge < -0.3 is 4.90 Å². The van der Waals surface area contributed by atoms with Crippen molar-refractivity contribution in [1.82, 2.24) is 9.80 Å². The fraction of sp³-hybridized carbons (Fsp3) is 0.650. The molecule has 4 nitrogen and oxygen atoms in total. The van der Waals surface area contributed by atoms with E-state index < -0.39 is 0 Å². The summed E-state index contributed by atoms with van der Waals surface area (Å²) < 4.78 is 0. The Hall–Kier alpha value is -0.810. The molecule has 26 heavy (non-hydrogen) atoms. The Morgan fingerprint density at radius 3 is 2.38 bits per heavy atom. The van der Waals surface area contributed by atoms with E-state index in [1.807, 2.05) is 12.1 Å². The van der Waals surface area contributed by atoms with E-state index in [4.69, 9.17) is 23.2 Å². The summed E-state index contributed by atoms with van der Waals surface area (Å²) in [6.45, 7) is 9.78. The third kappa shape index (κ3) is 5.35. The highest BCUT2D eigenvalue weighted by Crippen LogP contribution is 2.33. The number of halogens is 2. The fourth-order valence-corrected chi connectivity index (χ4v) is 4.48. The van der Waals surface area contributed by atoms with Crippen molar-refractivity contribution in [1.29, 1.82) is 0 Å². The Balaban J connectivity index is 1.38. The van der Waals surface area contributed by atoms with E-state index >= 15 is 0 Å². The van der Waals surface area contributed by atoms with Gasteiger partial charge in [0.05, 0.1) is 22.3 Å². The van der Waals surface area contributed by atoms with Gasteiger partial charge in [0, 0.05) is 26.2 Å². The molecule has 0 spiro atoms. The summed E-state index contributed by atoms with van der Waals surface area (Å²) in [6.07, 6.45) is 3.72. The zero-order valence-electron chi connectivity index (χ0n) is 15.6. The van der Waals surface area contributed by atoms with Crippen molar-refractivity contribution in [3.8, 4) is 0 Å². The van der Waals surface area contributed by atoms with Gasteiger partial charge in [0.1, 0.15) is 5.78 Å². The molecule has 0 saturated carbocycles. The summed E-state index contributed by atoms with van der Waals surface area (Å²) in [5.41, 5.74) is 1.05. The van der Waals surface area contributed by atoms with Crippen LogP contribution in [-0.2, 0) is 4.79 Å². The van der Waals surface area contributed by atoms with Crippen molar-refractivity contribution >= 4 is 34.7 Å². The molecule has 144 valence electrons. The lowest BCUT2D eigenvalue weighted by molar-refractivity contribution is -0.118. The van der Waals surface area contributed by atoms with Crippen LogP contribution in [0, 0.1) is 5.92 Å². The lowest BCUT2D eigenvalue weighted by Gasteiger charge is -2.38. The molecule has 0 N–H and O–H groups in total. The minimum Gasteiger partial charge on any atom is -0.368 e. The van der Waals surface area contributed by atoms with E-state index in [1.165, 1.54) is 25.8 Å². The van der Waals surface area contributed by atoms with Crippen molar-refractivity contribution in [3.63, 3.8) is 0 Å². The average molecular weight is 398 g/mol. The number of rotatable bonds is 6. The van der Waals surface area contributed by atoms with E-state index in [1.54, 1.807) is 6.92 Å². The predicted molar refractivity (Wildman–Crippen MR) is 110 cm³/mol. The number of piperazine rings is 1. The molecule has 2 heterocycles. The van der Waals surface area contributed by atoms with E-state index in [2.05, 4.69) is 20.8 Å². The number of hydrogen-bond acceptors (Lipinski definition) is 4. The Morgan fingerprint density at radius 1 is 1.04 bits per heavy atom. The standard InChI is InChI=1S/C20H29Cl2N3O/c1-16(26)15-24-9-6-17(7-10-24)5-8-23-11-13-25(14-12-23)19-4-2-3-18(21)20(19)22/h2-4,17H,5-15H2,1H3. The van der Waals surface area contributed by atoms with Crippen molar-refractivity contribution in [2.45, 2.75) is 26.2 Å². The first-order valence-corrected chi connectivity index (χ1v) is 10.4. The van der Waals surface area contributed by atoms with Gasteiger partial charge in [-0.05, 0) is 63.9 Å². The van der Waals surface area contributed by atoms with Gasteiger partial charge in [-0.2, -0.15) is 0 Å². The third-order valence-electron chi connectivity index (χ3n) is 5.65. The average Bonchev–Trinajstić information content (AvgIpc) is 2.63. The van der Waals surface area contributed by atoms with Crippen LogP contribution in [0.15, 0.2) is 18.2 Å². The molecular weight excluding hydrogens is 369 g/mol. The largest absolute Gasteiger partial charge is 0.368 e. The first-order valence-electron chi connectivity index (χ1n) is 9.66. The Morgan fingerprint density at radius 2 is 1.73 bits per heavy atom. The number of Topliss-reactive ketones (excluding diaryl/α,β-unsaturated/α-hetero) is 1. The molecule has 0 bridgehead atoms. The number of anilines is 1. The smallest absolute Gasteiger partial charge is 0.143 e. The molecule has 1 aromatic rings. The molecule has 2 aliphatic rings. The number of carbonyl (C=O) groups is 1. The lowest BCUT2D eigenvalue weighted by atomic mass is 9.93. The molecule has 2 saturated heterocycles. The van der Waals surface area contributed by atoms with Crippen molar-refractivity contribution in [2.75, 3.05) is 57.3 Å². The maximum Gasteiger partial charge on any atom is 0.143 e. The first-order chi connectivity index (χ1) is 12.5. The summed E-state index contributed by atoms with van der Waals surface area (Å²) in [6, 6.07) is 5.86. The number of piperidine rings is 1. The molecule has 2 aliphatic heterocycles. The SMILES string of the molecule is CC(=O)CN1CCC(CCN2CCN(c3cccc(Cl)c3Cl)CC2)CC1. The zero-order chi connectivity index (χ0) is 18.5. The van der Waals surface area contributed by atoms with Crippen LogP contribution >= 0.6 is 23.2 Å². The maximum absolute atomic E-state index is 11.2. The molecule has 0 aromatic heterocycles. The number of nitrogens with zero attached hydrogens (tertiary/aromatic N) is 3.